The van der Waals surface area contributed by atoms with Gasteiger partial charge in [0.1, 0.15) is 6.61 Å². The van der Waals surface area contributed by atoms with Crippen molar-refractivity contribution in [3.05, 3.63) is 10.1 Å². The summed E-state index contributed by atoms with van der Waals surface area (Å²) in [5.74, 6) is 0. The Morgan fingerprint density at radius 3 is 2.05 bits per heavy atom. The van der Waals surface area contributed by atoms with E-state index in [2.05, 4.69) is 35.4 Å². The molecule has 0 amide bonds. The Morgan fingerprint density at radius 1 is 0.955 bits per heavy atom. The molecule has 0 bridgehead atoms. The highest BCUT2D eigenvalue weighted by Crippen LogP contribution is 2.22. The molecular formula is C16H33N3O3. The molecule has 0 aliphatic carbocycles. The maximum absolute atomic E-state index is 10.1. The van der Waals surface area contributed by atoms with Crippen LogP contribution in [0.3, 0.4) is 0 Å². The first-order chi connectivity index (χ1) is 10.4. The largest absolute Gasteiger partial charge is 0.313 e. The minimum atomic E-state index is -0.712. The molecule has 0 aromatic heterocycles. The maximum Gasteiger partial charge on any atom is 0.294 e. The van der Waals surface area contributed by atoms with E-state index in [1.165, 1.54) is 38.6 Å². The van der Waals surface area contributed by atoms with Gasteiger partial charge in [0.05, 0.1) is 0 Å². The molecule has 6 heteroatoms. The van der Waals surface area contributed by atoms with Crippen LogP contribution in [0.25, 0.3) is 0 Å². The van der Waals surface area contributed by atoms with E-state index in [4.69, 9.17) is 0 Å². The van der Waals surface area contributed by atoms with E-state index >= 15 is 0 Å². The van der Waals surface area contributed by atoms with Crippen LogP contribution in [-0.2, 0) is 4.84 Å². The van der Waals surface area contributed by atoms with Crippen molar-refractivity contribution in [2.75, 3.05) is 45.9 Å². The van der Waals surface area contributed by atoms with Crippen molar-refractivity contribution in [1.82, 2.24) is 9.80 Å². The predicted octanol–water partition coefficient (Wildman–Crippen LogP) is 2.81. The average molecular weight is 315 g/mol. The van der Waals surface area contributed by atoms with Crippen molar-refractivity contribution < 1.29 is 9.92 Å². The summed E-state index contributed by atoms with van der Waals surface area (Å²) in [5.41, 5.74) is 0.468. The maximum atomic E-state index is 10.1. The molecule has 1 saturated heterocycles. The van der Waals surface area contributed by atoms with Gasteiger partial charge in [-0.3, -0.25) is 4.90 Å². The van der Waals surface area contributed by atoms with Gasteiger partial charge < -0.3 is 9.74 Å². The minimum absolute atomic E-state index is 0.181. The summed E-state index contributed by atoms with van der Waals surface area (Å²) in [6.45, 7) is 13.1. The Morgan fingerprint density at radius 2 is 1.50 bits per heavy atom. The van der Waals surface area contributed by atoms with E-state index in [0.29, 0.717) is 12.0 Å². The normalized spacial score (nSPS) is 17.6. The van der Waals surface area contributed by atoms with Crippen LogP contribution in [0.4, 0.5) is 0 Å². The third kappa shape index (κ3) is 9.95. The fraction of sp³-hybridized carbons (Fsp3) is 1.00. The Labute approximate surface area is 134 Å². The first kappa shape index (κ1) is 19.2. The number of unbranched alkanes of at least 4 members (excludes halogenated alkanes) is 3. The SMILES string of the molecule is CC(C)(C)CCCCCCN1CCN(CCO[N+](=O)[O-])CC1. The molecule has 130 valence electrons. The summed E-state index contributed by atoms with van der Waals surface area (Å²) in [6.07, 6.45) is 6.61. The lowest BCUT2D eigenvalue weighted by atomic mass is 9.89. The molecule has 1 aliphatic heterocycles. The quantitative estimate of drug-likeness (QED) is 0.352. The third-order valence-corrected chi connectivity index (χ3v) is 4.22. The van der Waals surface area contributed by atoms with Crippen molar-refractivity contribution in [2.45, 2.75) is 52.9 Å². The van der Waals surface area contributed by atoms with Crippen molar-refractivity contribution in [3.63, 3.8) is 0 Å². The second-order valence-corrected chi connectivity index (χ2v) is 7.46. The molecule has 0 spiro atoms. The van der Waals surface area contributed by atoms with Gasteiger partial charge in [-0.05, 0) is 24.8 Å². The van der Waals surface area contributed by atoms with Crippen LogP contribution in [-0.4, -0.2) is 60.8 Å². The lowest BCUT2D eigenvalue weighted by Gasteiger charge is -2.34. The molecule has 0 atom stereocenters. The second kappa shape index (κ2) is 10.0. The van der Waals surface area contributed by atoms with Gasteiger partial charge in [-0.2, -0.15) is 0 Å². The van der Waals surface area contributed by atoms with Crippen LogP contribution in [0.5, 0.6) is 0 Å². The zero-order valence-corrected chi connectivity index (χ0v) is 14.6. The molecule has 0 unspecified atom stereocenters. The summed E-state index contributed by atoms with van der Waals surface area (Å²) >= 11 is 0. The molecule has 0 saturated carbocycles. The molecule has 0 radical (unpaired) electrons. The first-order valence-corrected chi connectivity index (χ1v) is 8.59. The van der Waals surface area contributed by atoms with Gasteiger partial charge in [0.25, 0.3) is 5.09 Å². The molecule has 1 aliphatic rings. The van der Waals surface area contributed by atoms with Gasteiger partial charge in [-0.25, -0.2) is 0 Å². The van der Waals surface area contributed by atoms with E-state index in [-0.39, 0.29) is 6.61 Å². The Bertz CT molecular complexity index is 310. The van der Waals surface area contributed by atoms with Crippen LogP contribution in [0.15, 0.2) is 0 Å². The monoisotopic (exact) mass is 315 g/mol. The number of hydrogen-bond donors (Lipinski definition) is 0. The highest BCUT2D eigenvalue weighted by atomic mass is 16.9. The molecular weight excluding hydrogens is 282 g/mol. The fourth-order valence-corrected chi connectivity index (χ4v) is 2.83. The summed E-state index contributed by atoms with van der Waals surface area (Å²) < 4.78 is 0. The molecule has 1 heterocycles. The van der Waals surface area contributed by atoms with E-state index in [0.717, 1.165) is 26.2 Å². The molecule has 6 nitrogen and oxygen atoms in total. The van der Waals surface area contributed by atoms with Crippen molar-refractivity contribution in [3.8, 4) is 0 Å². The van der Waals surface area contributed by atoms with Crippen LogP contribution < -0.4 is 0 Å². The third-order valence-electron chi connectivity index (χ3n) is 4.22. The average Bonchev–Trinajstić information content (AvgIpc) is 2.43. The highest BCUT2D eigenvalue weighted by Gasteiger charge is 2.16. The summed E-state index contributed by atoms with van der Waals surface area (Å²) in [6, 6.07) is 0. The van der Waals surface area contributed by atoms with Crippen molar-refractivity contribution >= 4 is 0 Å². The van der Waals surface area contributed by atoms with E-state index < -0.39 is 5.09 Å². The van der Waals surface area contributed by atoms with Crippen LogP contribution in [0.1, 0.15) is 52.9 Å². The van der Waals surface area contributed by atoms with Crippen LogP contribution in [0.2, 0.25) is 0 Å². The Balaban J connectivity index is 1.96. The first-order valence-electron chi connectivity index (χ1n) is 8.59. The van der Waals surface area contributed by atoms with Crippen molar-refractivity contribution in [2.24, 2.45) is 5.41 Å². The number of rotatable bonds is 10. The Kier molecular flexibility index (Phi) is 8.71. The lowest BCUT2D eigenvalue weighted by molar-refractivity contribution is -0.757. The highest BCUT2D eigenvalue weighted by molar-refractivity contribution is 4.71. The molecule has 1 rings (SSSR count). The van der Waals surface area contributed by atoms with Gasteiger partial charge in [0.15, 0.2) is 0 Å². The van der Waals surface area contributed by atoms with Crippen molar-refractivity contribution in [1.29, 1.82) is 0 Å². The van der Waals surface area contributed by atoms with Gasteiger partial charge >= 0.3 is 0 Å². The second-order valence-electron chi connectivity index (χ2n) is 7.46. The summed E-state index contributed by atoms with van der Waals surface area (Å²) in [5, 5.41) is 9.39. The molecule has 0 N–H and O–H groups in total. The van der Waals surface area contributed by atoms with Gasteiger partial charge in [0, 0.05) is 32.7 Å². The fourth-order valence-electron chi connectivity index (χ4n) is 2.83. The van der Waals surface area contributed by atoms with Gasteiger partial charge in [0.2, 0.25) is 0 Å². The predicted molar refractivity (Wildman–Crippen MR) is 88.4 cm³/mol. The molecule has 22 heavy (non-hydrogen) atoms. The summed E-state index contributed by atoms with van der Waals surface area (Å²) in [7, 11) is 0. The standard InChI is InChI=1S/C16H33N3O3/c1-16(2,3)8-6-4-5-7-9-17-10-12-18(13-11-17)14-15-22-19(20)21/h4-15H2,1-3H3. The van der Waals surface area contributed by atoms with E-state index in [1.807, 2.05) is 0 Å². The van der Waals surface area contributed by atoms with Crippen LogP contribution in [0, 0.1) is 15.5 Å². The minimum Gasteiger partial charge on any atom is -0.313 e. The van der Waals surface area contributed by atoms with Crippen LogP contribution >= 0.6 is 0 Å². The zero-order chi connectivity index (χ0) is 16.4. The van der Waals surface area contributed by atoms with Gasteiger partial charge in [-0.15, -0.1) is 10.1 Å². The molecule has 0 aromatic carbocycles. The zero-order valence-electron chi connectivity index (χ0n) is 14.6. The van der Waals surface area contributed by atoms with Gasteiger partial charge in [-0.1, -0.05) is 40.0 Å². The van der Waals surface area contributed by atoms with E-state index in [1.54, 1.807) is 0 Å². The Hall–Kier alpha value is -0.880. The number of hydrogen-bond acceptors (Lipinski definition) is 5. The smallest absolute Gasteiger partial charge is 0.294 e. The topological polar surface area (TPSA) is 58.8 Å². The molecule has 1 fully saturated rings. The summed E-state index contributed by atoms with van der Waals surface area (Å²) in [4.78, 5) is 19.2. The number of nitrogens with zero attached hydrogens (tertiary/aromatic N) is 3. The lowest BCUT2D eigenvalue weighted by Crippen LogP contribution is -2.47. The van der Waals surface area contributed by atoms with E-state index in [9.17, 15) is 10.1 Å². The number of piperazine rings is 1. The molecule has 0 aromatic rings.